The highest BCUT2D eigenvalue weighted by Crippen LogP contribution is 2.16. The fourth-order valence-corrected chi connectivity index (χ4v) is 2.95. The number of aliphatic hydroxyl groups excluding tert-OH is 1. The summed E-state index contributed by atoms with van der Waals surface area (Å²) in [7, 11) is 0. The van der Waals surface area contributed by atoms with Crippen LogP contribution in [-0.4, -0.2) is 48.4 Å². The number of nitrogens with one attached hydrogen (secondary N) is 1. The maximum atomic E-state index is 10.2. The van der Waals surface area contributed by atoms with Crippen molar-refractivity contribution in [2.45, 2.75) is 52.4 Å². The summed E-state index contributed by atoms with van der Waals surface area (Å²) >= 11 is 0. The van der Waals surface area contributed by atoms with Crippen LogP contribution >= 0.6 is 0 Å². The van der Waals surface area contributed by atoms with Gasteiger partial charge in [-0.05, 0) is 63.4 Å². The van der Waals surface area contributed by atoms with E-state index in [-0.39, 0.29) is 12.2 Å². The van der Waals surface area contributed by atoms with Crippen molar-refractivity contribution >= 4 is 0 Å². The molecular weight excluding hydrogens is 288 g/mol. The van der Waals surface area contributed by atoms with E-state index in [0.29, 0.717) is 6.54 Å². The third kappa shape index (κ3) is 6.90. The van der Waals surface area contributed by atoms with Gasteiger partial charge in [0.15, 0.2) is 0 Å². The van der Waals surface area contributed by atoms with Gasteiger partial charge in [0.1, 0.15) is 5.75 Å². The number of rotatable bonds is 8. The second-order valence-corrected chi connectivity index (χ2v) is 7.08. The highest BCUT2D eigenvalue weighted by molar-refractivity contribution is 5.27. The molecule has 0 aliphatic carbocycles. The molecule has 1 fully saturated rings. The molecule has 2 rings (SSSR count). The number of likely N-dealkylation sites (tertiary alicyclic amines) is 1. The molecule has 4 nitrogen and oxygen atoms in total. The van der Waals surface area contributed by atoms with Crippen molar-refractivity contribution in [2.24, 2.45) is 5.92 Å². The minimum atomic E-state index is -0.299. The molecule has 0 radical (unpaired) electrons. The Hall–Kier alpha value is -1.10. The van der Waals surface area contributed by atoms with Crippen molar-refractivity contribution in [3.05, 3.63) is 29.8 Å². The van der Waals surface area contributed by atoms with Gasteiger partial charge in [-0.15, -0.1) is 0 Å². The zero-order chi connectivity index (χ0) is 16.7. The van der Waals surface area contributed by atoms with Crippen LogP contribution in [0.4, 0.5) is 0 Å². The number of β-amino-alcohol motifs (C(OH)–C–C–N with tert-alkyl or cyclic N) is 1. The van der Waals surface area contributed by atoms with Gasteiger partial charge in [0.25, 0.3) is 0 Å². The van der Waals surface area contributed by atoms with Crippen molar-refractivity contribution in [1.29, 1.82) is 0 Å². The van der Waals surface area contributed by atoms with E-state index < -0.39 is 0 Å². The molecule has 1 unspecified atom stereocenters. The summed E-state index contributed by atoms with van der Waals surface area (Å²) in [5, 5.41) is 13.5. The predicted molar refractivity (Wildman–Crippen MR) is 94.8 cm³/mol. The zero-order valence-electron chi connectivity index (χ0n) is 14.8. The Kier molecular flexibility index (Phi) is 7.34. The first kappa shape index (κ1) is 18.2. The van der Waals surface area contributed by atoms with Gasteiger partial charge in [-0.25, -0.2) is 0 Å². The average Bonchev–Trinajstić information content (AvgIpc) is 2.51. The van der Waals surface area contributed by atoms with Gasteiger partial charge in [-0.2, -0.15) is 0 Å². The highest BCUT2D eigenvalue weighted by Gasteiger charge is 2.17. The van der Waals surface area contributed by atoms with Gasteiger partial charge >= 0.3 is 0 Å². The van der Waals surface area contributed by atoms with Crippen molar-refractivity contribution < 1.29 is 9.84 Å². The van der Waals surface area contributed by atoms with Crippen LogP contribution in [0.3, 0.4) is 0 Å². The molecule has 1 heterocycles. The molecule has 0 amide bonds. The Bertz CT molecular complexity index is 439. The number of hydrogen-bond acceptors (Lipinski definition) is 4. The third-order valence-corrected chi connectivity index (χ3v) is 4.35. The Morgan fingerprint density at radius 2 is 1.87 bits per heavy atom. The molecule has 1 atom stereocenters. The van der Waals surface area contributed by atoms with E-state index in [1.807, 2.05) is 26.0 Å². The summed E-state index contributed by atoms with van der Waals surface area (Å²) in [6, 6.07) is 8.15. The zero-order valence-corrected chi connectivity index (χ0v) is 14.8. The van der Waals surface area contributed by atoms with E-state index >= 15 is 0 Å². The van der Waals surface area contributed by atoms with E-state index in [0.717, 1.165) is 37.8 Å². The lowest BCUT2D eigenvalue weighted by Gasteiger charge is -2.31. The third-order valence-electron chi connectivity index (χ3n) is 4.35. The molecule has 1 aromatic rings. The number of aliphatic hydroxyl groups is 1. The standard InChI is InChI=1S/C19H32N2O2/c1-15(2)23-19-6-4-17(5-7-19)12-20-13-18(22)14-21-10-8-16(3)9-11-21/h4-7,15-16,18,20,22H,8-14H2,1-3H3. The van der Waals surface area contributed by atoms with Crippen molar-refractivity contribution in [2.75, 3.05) is 26.2 Å². The van der Waals surface area contributed by atoms with Crippen molar-refractivity contribution in [3.8, 4) is 5.75 Å². The van der Waals surface area contributed by atoms with Gasteiger partial charge in [0, 0.05) is 19.6 Å². The summed E-state index contributed by atoms with van der Waals surface area (Å²) in [6.07, 6.45) is 2.41. The largest absolute Gasteiger partial charge is 0.491 e. The molecule has 0 bridgehead atoms. The molecule has 1 aliphatic heterocycles. The Labute approximate surface area is 140 Å². The van der Waals surface area contributed by atoms with E-state index in [4.69, 9.17) is 4.74 Å². The smallest absolute Gasteiger partial charge is 0.119 e. The summed E-state index contributed by atoms with van der Waals surface area (Å²) < 4.78 is 5.64. The fourth-order valence-electron chi connectivity index (χ4n) is 2.95. The number of hydrogen-bond donors (Lipinski definition) is 2. The normalized spacial score (nSPS) is 18.3. The van der Waals surface area contributed by atoms with Crippen LogP contribution in [0.1, 0.15) is 39.2 Å². The number of nitrogens with zero attached hydrogens (tertiary/aromatic N) is 1. The Morgan fingerprint density at radius 3 is 2.48 bits per heavy atom. The van der Waals surface area contributed by atoms with Crippen LogP contribution in [0.25, 0.3) is 0 Å². The van der Waals surface area contributed by atoms with Crippen LogP contribution in [0, 0.1) is 5.92 Å². The maximum Gasteiger partial charge on any atom is 0.119 e. The molecule has 4 heteroatoms. The van der Waals surface area contributed by atoms with Crippen LogP contribution in [0.15, 0.2) is 24.3 Å². The van der Waals surface area contributed by atoms with Crippen LogP contribution in [0.5, 0.6) is 5.75 Å². The lowest BCUT2D eigenvalue weighted by molar-refractivity contribution is 0.0907. The van der Waals surface area contributed by atoms with E-state index in [1.165, 1.54) is 18.4 Å². The first-order valence-corrected chi connectivity index (χ1v) is 8.89. The van der Waals surface area contributed by atoms with E-state index in [1.54, 1.807) is 0 Å². The molecule has 2 N–H and O–H groups in total. The number of piperidine rings is 1. The van der Waals surface area contributed by atoms with E-state index in [2.05, 4.69) is 29.3 Å². The van der Waals surface area contributed by atoms with Crippen LogP contribution < -0.4 is 10.1 Å². The van der Waals surface area contributed by atoms with Crippen LogP contribution in [0.2, 0.25) is 0 Å². The lowest BCUT2D eigenvalue weighted by atomic mass is 9.99. The lowest BCUT2D eigenvalue weighted by Crippen LogP contribution is -2.41. The quantitative estimate of drug-likeness (QED) is 0.773. The van der Waals surface area contributed by atoms with E-state index in [9.17, 15) is 5.11 Å². The SMILES string of the molecule is CC1CCN(CC(O)CNCc2ccc(OC(C)C)cc2)CC1. The first-order chi connectivity index (χ1) is 11.0. The summed E-state index contributed by atoms with van der Waals surface area (Å²) in [5.74, 6) is 1.74. The minimum absolute atomic E-state index is 0.201. The van der Waals surface area contributed by atoms with Gasteiger partial charge < -0.3 is 20.1 Å². The molecule has 130 valence electrons. The Morgan fingerprint density at radius 1 is 1.22 bits per heavy atom. The van der Waals surface area contributed by atoms with Crippen molar-refractivity contribution in [1.82, 2.24) is 10.2 Å². The second-order valence-electron chi connectivity index (χ2n) is 7.08. The van der Waals surface area contributed by atoms with Crippen molar-refractivity contribution in [3.63, 3.8) is 0 Å². The molecule has 1 saturated heterocycles. The molecule has 1 aliphatic rings. The predicted octanol–water partition coefficient (Wildman–Crippen LogP) is 2.66. The summed E-state index contributed by atoms with van der Waals surface area (Å²) in [6.45, 7) is 10.8. The number of benzene rings is 1. The van der Waals surface area contributed by atoms with Gasteiger partial charge in [-0.1, -0.05) is 19.1 Å². The second kappa shape index (κ2) is 9.26. The molecule has 0 saturated carbocycles. The summed E-state index contributed by atoms with van der Waals surface area (Å²) in [4.78, 5) is 2.38. The minimum Gasteiger partial charge on any atom is -0.491 e. The molecule has 23 heavy (non-hydrogen) atoms. The molecular formula is C19H32N2O2. The first-order valence-electron chi connectivity index (χ1n) is 8.89. The maximum absolute atomic E-state index is 10.2. The topological polar surface area (TPSA) is 44.7 Å². The van der Waals surface area contributed by atoms with Gasteiger partial charge in [0.2, 0.25) is 0 Å². The number of ether oxygens (including phenoxy) is 1. The molecule has 0 spiro atoms. The monoisotopic (exact) mass is 320 g/mol. The highest BCUT2D eigenvalue weighted by atomic mass is 16.5. The molecule has 0 aromatic heterocycles. The average molecular weight is 320 g/mol. The fraction of sp³-hybridized carbons (Fsp3) is 0.684. The molecule has 1 aromatic carbocycles. The Balaban J connectivity index is 1.64. The van der Waals surface area contributed by atoms with Gasteiger partial charge in [-0.3, -0.25) is 0 Å². The summed E-state index contributed by atoms with van der Waals surface area (Å²) in [5.41, 5.74) is 1.21. The van der Waals surface area contributed by atoms with Gasteiger partial charge in [0.05, 0.1) is 12.2 Å². The van der Waals surface area contributed by atoms with Crippen LogP contribution in [-0.2, 0) is 6.54 Å².